The predicted molar refractivity (Wildman–Crippen MR) is 126 cm³/mol. The number of pyridine rings is 1. The molecule has 0 saturated heterocycles. The van der Waals surface area contributed by atoms with Crippen molar-refractivity contribution in [3.8, 4) is 0 Å². The molecule has 13 heteroatoms. The minimum Gasteiger partial charge on any atom is -0.325 e. The number of fused-ring (bicyclic) bond motifs is 2. The van der Waals surface area contributed by atoms with Gasteiger partial charge in [-0.25, -0.2) is 13.2 Å². The Morgan fingerprint density at radius 1 is 1.15 bits per heavy atom. The fourth-order valence-corrected chi connectivity index (χ4v) is 5.65. The first-order valence-corrected chi connectivity index (χ1v) is 12.6. The van der Waals surface area contributed by atoms with Gasteiger partial charge in [0, 0.05) is 25.0 Å². The predicted octanol–water partition coefficient (Wildman–Crippen LogP) is 2.05. The molecule has 3 aromatic heterocycles. The van der Waals surface area contributed by atoms with Crippen molar-refractivity contribution >= 4 is 50.1 Å². The van der Waals surface area contributed by atoms with Crippen LogP contribution in [0.4, 0.5) is 5.69 Å². The summed E-state index contributed by atoms with van der Waals surface area (Å²) in [5, 5.41) is 10.9. The number of benzene rings is 1. The number of hydrogen-bond acceptors (Lipinski definition) is 7. The Labute approximate surface area is 193 Å². The molecule has 1 amide bonds. The molecule has 0 aliphatic carbocycles. The Morgan fingerprint density at radius 3 is 2.61 bits per heavy atom. The molecule has 0 aliphatic heterocycles. The lowest BCUT2D eigenvalue weighted by atomic mass is 10.2. The molecule has 33 heavy (non-hydrogen) atoms. The number of amides is 1. The fraction of sp³-hybridized carbons (Fsp3) is 0.300. The van der Waals surface area contributed by atoms with Crippen molar-refractivity contribution in [1.29, 1.82) is 0 Å². The Kier molecular flexibility index (Phi) is 6.28. The molecule has 174 valence electrons. The van der Waals surface area contributed by atoms with E-state index in [1.165, 1.54) is 16.6 Å². The van der Waals surface area contributed by atoms with Crippen LogP contribution in [0, 0.1) is 0 Å². The average Bonchev–Trinajstić information content (AvgIpc) is 3.35. The molecular formula is C20H23N7O4S2. The number of thioether (sulfide) groups is 1. The summed E-state index contributed by atoms with van der Waals surface area (Å²) in [6.07, 6.45) is 1.48. The molecule has 4 aromatic rings. The molecule has 1 atom stereocenters. The molecule has 11 nitrogen and oxygen atoms in total. The van der Waals surface area contributed by atoms with Crippen LogP contribution in [0.2, 0.25) is 0 Å². The van der Waals surface area contributed by atoms with Gasteiger partial charge in [-0.05, 0) is 37.3 Å². The van der Waals surface area contributed by atoms with Crippen LogP contribution in [-0.2, 0) is 14.8 Å². The van der Waals surface area contributed by atoms with Gasteiger partial charge in [0.15, 0.2) is 10.8 Å². The molecule has 0 bridgehead atoms. The SMILES string of the molecule is CCN(CC)S(=O)(=O)c1ccc2nnc(S[C@H](C)C(=O)Nc3ccc4[nH]c(=O)[nH]c4c3)n2c1. The number of rotatable bonds is 8. The Bertz CT molecular complexity index is 1490. The van der Waals surface area contributed by atoms with Gasteiger partial charge in [-0.3, -0.25) is 9.20 Å². The molecule has 1 aromatic carbocycles. The molecule has 3 N–H and O–H groups in total. The van der Waals surface area contributed by atoms with Crippen LogP contribution in [-0.4, -0.2) is 61.5 Å². The third-order valence-corrected chi connectivity index (χ3v) is 8.21. The summed E-state index contributed by atoms with van der Waals surface area (Å²) in [6, 6.07) is 8.15. The highest BCUT2D eigenvalue weighted by Gasteiger charge is 2.24. The fourth-order valence-electron chi connectivity index (χ4n) is 3.36. The number of sulfonamides is 1. The van der Waals surface area contributed by atoms with E-state index >= 15 is 0 Å². The molecular weight excluding hydrogens is 466 g/mol. The third kappa shape index (κ3) is 4.51. The number of nitrogens with zero attached hydrogens (tertiary/aromatic N) is 4. The number of carbonyl (C=O) groups is 1. The quantitative estimate of drug-likeness (QED) is 0.321. The van der Waals surface area contributed by atoms with E-state index in [0.29, 0.717) is 40.6 Å². The van der Waals surface area contributed by atoms with E-state index in [-0.39, 0.29) is 16.5 Å². The highest BCUT2D eigenvalue weighted by atomic mass is 32.2. The molecule has 0 radical (unpaired) electrons. The Balaban J connectivity index is 1.54. The standard InChI is InChI=1S/C20H23N7O4S2/c1-4-26(5-2)33(30,31)14-7-9-17-24-25-20(27(17)11-14)32-12(3)18(28)21-13-6-8-15-16(10-13)23-19(29)22-15/h6-12H,4-5H2,1-3H3,(H,21,28)(H2,22,23,29)/t12-/m1/s1. The highest BCUT2D eigenvalue weighted by molar-refractivity contribution is 8.00. The van der Waals surface area contributed by atoms with Gasteiger partial charge in [-0.2, -0.15) is 4.31 Å². The highest BCUT2D eigenvalue weighted by Crippen LogP contribution is 2.25. The van der Waals surface area contributed by atoms with Gasteiger partial charge < -0.3 is 15.3 Å². The van der Waals surface area contributed by atoms with E-state index in [2.05, 4.69) is 25.5 Å². The zero-order chi connectivity index (χ0) is 23.8. The molecule has 0 spiro atoms. The number of aromatic nitrogens is 5. The van der Waals surface area contributed by atoms with Crippen LogP contribution in [0.1, 0.15) is 20.8 Å². The van der Waals surface area contributed by atoms with Gasteiger partial charge in [0.05, 0.1) is 21.2 Å². The number of H-pyrrole nitrogens is 2. The maximum Gasteiger partial charge on any atom is 0.323 e. The van der Waals surface area contributed by atoms with E-state index in [1.807, 2.05) is 0 Å². The monoisotopic (exact) mass is 489 g/mol. The van der Waals surface area contributed by atoms with Crippen molar-refractivity contribution in [3.05, 3.63) is 47.0 Å². The summed E-state index contributed by atoms with van der Waals surface area (Å²) < 4.78 is 28.7. The van der Waals surface area contributed by atoms with Crippen molar-refractivity contribution in [2.24, 2.45) is 0 Å². The number of hydrogen-bond donors (Lipinski definition) is 3. The molecule has 3 heterocycles. The average molecular weight is 490 g/mol. The van der Waals surface area contributed by atoms with Crippen LogP contribution >= 0.6 is 11.8 Å². The van der Waals surface area contributed by atoms with Crippen molar-refractivity contribution in [1.82, 2.24) is 28.9 Å². The maximum atomic E-state index is 12.9. The van der Waals surface area contributed by atoms with Crippen LogP contribution in [0.15, 0.2) is 51.4 Å². The first-order valence-electron chi connectivity index (χ1n) is 10.3. The van der Waals surface area contributed by atoms with Crippen LogP contribution in [0.5, 0.6) is 0 Å². The Morgan fingerprint density at radius 2 is 1.88 bits per heavy atom. The van der Waals surface area contributed by atoms with Gasteiger partial charge in [0.1, 0.15) is 0 Å². The minimum atomic E-state index is -3.65. The second kappa shape index (κ2) is 9.00. The molecule has 0 fully saturated rings. The second-order valence-electron chi connectivity index (χ2n) is 7.25. The van der Waals surface area contributed by atoms with E-state index in [1.54, 1.807) is 49.4 Å². The zero-order valence-electron chi connectivity index (χ0n) is 18.2. The largest absolute Gasteiger partial charge is 0.325 e. The summed E-state index contributed by atoms with van der Waals surface area (Å²) >= 11 is 1.16. The van der Waals surface area contributed by atoms with Gasteiger partial charge in [0.25, 0.3) is 0 Å². The maximum absolute atomic E-state index is 12.9. The molecule has 4 rings (SSSR count). The van der Waals surface area contributed by atoms with E-state index in [0.717, 1.165) is 11.8 Å². The normalized spacial score (nSPS) is 13.1. The molecule has 0 aliphatic rings. The van der Waals surface area contributed by atoms with Gasteiger partial charge in [0.2, 0.25) is 15.9 Å². The second-order valence-corrected chi connectivity index (χ2v) is 10.5. The number of anilines is 1. The number of imidazole rings is 1. The van der Waals surface area contributed by atoms with Crippen molar-refractivity contribution in [3.63, 3.8) is 0 Å². The summed E-state index contributed by atoms with van der Waals surface area (Å²) in [6.45, 7) is 6.01. The van der Waals surface area contributed by atoms with E-state index in [4.69, 9.17) is 0 Å². The van der Waals surface area contributed by atoms with Gasteiger partial charge >= 0.3 is 5.69 Å². The first kappa shape index (κ1) is 23.0. The first-order chi connectivity index (χ1) is 15.7. The third-order valence-electron chi connectivity index (χ3n) is 5.12. The molecule has 0 unspecified atom stereocenters. The lowest BCUT2D eigenvalue weighted by Crippen LogP contribution is -2.30. The van der Waals surface area contributed by atoms with Gasteiger partial charge in [-0.1, -0.05) is 25.6 Å². The minimum absolute atomic E-state index is 0.131. The van der Waals surface area contributed by atoms with Crippen LogP contribution in [0.3, 0.4) is 0 Å². The summed E-state index contributed by atoms with van der Waals surface area (Å²) in [5.41, 5.74) is 1.92. The lowest BCUT2D eigenvalue weighted by Gasteiger charge is -2.18. The lowest BCUT2D eigenvalue weighted by molar-refractivity contribution is -0.115. The topological polar surface area (TPSA) is 145 Å². The number of carbonyl (C=O) groups excluding carboxylic acids is 1. The van der Waals surface area contributed by atoms with Crippen LogP contribution in [0.25, 0.3) is 16.7 Å². The van der Waals surface area contributed by atoms with Gasteiger partial charge in [-0.15, -0.1) is 10.2 Å². The molecule has 0 saturated carbocycles. The summed E-state index contributed by atoms with van der Waals surface area (Å²) in [5.74, 6) is -0.277. The summed E-state index contributed by atoms with van der Waals surface area (Å²) in [4.78, 5) is 29.6. The smallest absolute Gasteiger partial charge is 0.323 e. The van der Waals surface area contributed by atoms with E-state index in [9.17, 15) is 18.0 Å². The van der Waals surface area contributed by atoms with E-state index < -0.39 is 15.3 Å². The Hall–Kier alpha value is -3.16. The van der Waals surface area contributed by atoms with Crippen molar-refractivity contribution < 1.29 is 13.2 Å². The van der Waals surface area contributed by atoms with Crippen molar-refractivity contribution in [2.75, 3.05) is 18.4 Å². The van der Waals surface area contributed by atoms with Crippen LogP contribution < -0.4 is 11.0 Å². The zero-order valence-corrected chi connectivity index (χ0v) is 19.8. The number of nitrogens with one attached hydrogen (secondary N) is 3. The summed E-state index contributed by atoms with van der Waals surface area (Å²) in [7, 11) is -3.65. The van der Waals surface area contributed by atoms with Crippen molar-refractivity contribution in [2.45, 2.75) is 36.1 Å². The number of aromatic amines is 2.